The second-order valence-electron chi connectivity index (χ2n) is 5.90. The van der Waals surface area contributed by atoms with Crippen molar-refractivity contribution >= 4 is 23.2 Å². The van der Waals surface area contributed by atoms with E-state index in [1.54, 1.807) is 24.5 Å². The molecule has 0 bridgehead atoms. The number of nitrogens with one attached hydrogen (secondary N) is 2. The normalized spacial score (nSPS) is 11.6. The van der Waals surface area contributed by atoms with Crippen molar-refractivity contribution in [3.8, 4) is 0 Å². The van der Waals surface area contributed by atoms with Gasteiger partial charge in [0, 0.05) is 29.6 Å². The number of hydrogen-bond donors (Lipinski definition) is 2. The number of carbonyl (C=O) groups excluding carboxylic acids is 1. The van der Waals surface area contributed by atoms with Gasteiger partial charge in [0.15, 0.2) is 0 Å². The van der Waals surface area contributed by atoms with Crippen molar-refractivity contribution in [2.45, 2.75) is 12.5 Å². The third-order valence-electron chi connectivity index (χ3n) is 4.01. The molecule has 0 aliphatic heterocycles. The molecule has 0 spiro atoms. The molecule has 2 N–H and O–H groups in total. The molecule has 1 amide bonds. The number of halogens is 1. The fourth-order valence-electron chi connectivity index (χ4n) is 2.72. The van der Waals surface area contributed by atoms with Gasteiger partial charge in [0.2, 0.25) is 0 Å². The van der Waals surface area contributed by atoms with Crippen molar-refractivity contribution in [3.05, 3.63) is 95.3 Å². The average Bonchev–Trinajstić information content (AvgIpc) is 2.68. The molecule has 1 aromatic heterocycles. The van der Waals surface area contributed by atoms with Gasteiger partial charge in [-0.3, -0.25) is 9.78 Å². The number of nitrogens with zero attached hydrogens (tertiary/aromatic N) is 1. The molecule has 0 saturated heterocycles. The van der Waals surface area contributed by atoms with Gasteiger partial charge in [-0.2, -0.15) is 0 Å². The van der Waals surface area contributed by atoms with Crippen molar-refractivity contribution in [1.82, 2.24) is 10.3 Å². The highest BCUT2D eigenvalue weighted by Crippen LogP contribution is 2.24. The van der Waals surface area contributed by atoms with Crippen LogP contribution >= 0.6 is 11.6 Å². The maximum absolute atomic E-state index is 12.2. The van der Waals surface area contributed by atoms with Crippen LogP contribution in [-0.4, -0.2) is 17.4 Å². The van der Waals surface area contributed by atoms with E-state index in [0.29, 0.717) is 17.1 Å². The van der Waals surface area contributed by atoms with E-state index in [-0.39, 0.29) is 11.9 Å². The lowest BCUT2D eigenvalue weighted by Gasteiger charge is -2.21. The lowest BCUT2D eigenvalue weighted by atomic mass is 10.0. The zero-order chi connectivity index (χ0) is 18.2. The van der Waals surface area contributed by atoms with Crippen LogP contribution in [0.25, 0.3) is 0 Å². The molecule has 0 radical (unpaired) electrons. The van der Waals surface area contributed by atoms with Gasteiger partial charge in [-0.1, -0.05) is 48.0 Å². The summed E-state index contributed by atoms with van der Waals surface area (Å²) in [5.41, 5.74) is 2.67. The summed E-state index contributed by atoms with van der Waals surface area (Å²) in [6.45, 7) is 0.543. The highest BCUT2D eigenvalue weighted by molar-refractivity contribution is 6.30. The number of benzene rings is 2. The SMILES string of the molecule is O=C(NCCC(Nc1cccc(Cl)c1)c1ccccc1)c1cccnc1. The van der Waals surface area contributed by atoms with Gasteiger partial charge < -0.3 is 10.6 Å². The Balaban J connectivity index is 1.65. The summed E-state index contributed by atoms with van der Waals surface area (Å²) < 4.78 is 0. The maximum Gasteiger partial charge on any atom is 0.252 e. The minimum atomic E-state index is -0.118. The Labute approximate surface area is 158 Å². The van der Waals surface area contributed by atoms with Crippen LogP contribution in [0, 0.1) is 0 Å². The summed E-state index contributed by atoms with van der Waals surface area (Å²) in [6, 6.07) is 21.4. The fourth-order valence-corrected chi connectivity index (χ4v) is 2.91. The van der Waals surface area contributed by atoms with Gasteiger partial charge in [0.05, 0.1) is 11.6 Å². The second-order valence-corrected chi connectivity index (χ2v) is 6.34. The second kappa shape index (κ2) is 9.02. The van der Waals surface area contributed by atoms with Crippen LogP contribution < -0.4 is 10.6 Å². The number of pyridine rings is 1. The quantitative estimate of drug-likeness (QED) is 0.637. The number of aromatic nitrogens is 1. The van der Waals surface area contributed by atoms with Crippen molar-refractivity contribution in [1.29, 1.82) is 0 Å². The zero-order valence-electron chi connectivity index (χ0n) is 14.2. The molecule has 1 heterocycles. The molecule has 1 unspecified atom stereocenters. The van der Waals surface area contributed by atoms with E-state index >= 15 is 0 Å². The molecule has 4 nitrogen and oxygen atoms in total. The first-order valence-electron chi connectivity index (χ1n) is 8.47. The number of hydrogen-bond acceptors (Lipinski definition) is 3. The van der Waals surface area contributed by atoms with Crippen LogP contribution in [0.5, 0.6) is 0 Å². The van der Waals surface area contributed by atoms with Gasteiger partial charge >= 0.3 is 0 Å². The van der Waals surface area contributed by atoms with Crippen LogP contribution in [0.1, 0.15) is 28.4 Å². The smallest absolute Gasteiger partial charge is 0.252 e. The Morgan fingerprint density at radius 1 is 1.04 bits per heavy atom. The monoisotopic (exact) mass is 365 g/mol. The summed E-state index contributed by atoms with van der Waals surface area (Å²) in [5.74, 6) is -0.118. The molecule has 0 saturated carbocycles. The van der Waals surface area contributed by atoms with E-state index in [9.17, 15) is 4.79 Å². The van der Waals surface area contributed by atoms with E-state index in [1.807, 2.05) is 42.5 Å². The van der Waals surface area contributed by atoms with Crippen LogP contribution in [0.3, 0.4) is 0 Å². The molecule has 5 heteroatoms. The van der Waals surface area contributed by atoms with Gasteiger partial charge in [-0.25, -0.2) is 0 Å². The molecule has 0 aliphatic rings. The molecule has 2 aromatic carbocycles. The molecular weight excluding hydrogens is 346 g/mol. The van der Waals surface area contributed by atoms with E-state index in [4.69, 9.17) is 11.6 Å². The Hall–Kier alpha value is -2.85. The average molecular weight is 366 g/mol. The molecule has 0 aliphatic carbocycles. The molecule has 3 aromatic rings. The first-order chi connectivity index (χ1) is 12.7. The molecule has 1 atom stereocenters. The van der Waals surface area contributed by atoms with E-state index in [2.05, 4.69) is 27.8 Å². The summed E-state index contributed by atoms with van der Waals surface area (Å²) in [5, 5.41) is 7.14. The number of rotatable bonds is 7. The predicted octanol–water partition coefficient (Wildman–Crippen LogP) is 4.71. The summed E-state index contributed by atoms with van der Waals surface area (Å²) >= 11 is 6.09. The van der Waals surface area contributed by atoms with Gasteiger partial charge in [0.25, 0.3) is 5.91 Å². The molecule has 26 heavy (non-hydrogen) atoms. The largest absolute Gasteiger partial charge is 0.378 e. The van der Waals surface area contributed by atoms with Crippen molar-refractivity contribution in [3.63, 3.8) is 0 Å². The number of anilines is 1. The summed E-state index contributed by atoms with van der Waals surface area (Å²) in [6.07, 6.45) is 3.95. The molecule has 0 fully saturated rings. The minimum Gasteiger partial charge on any atom is -0.378 e. The third kappa shape index (κ3) is 5.07. The van der Waals surface area contributed by atoms with Crippen molar-refractivity contribution in [2.24, 2.45) is 0 Å². The molecule has 132 valence electrons. The first-order valence-corrected chi connectivity index (χ1v) is 8.85. The Kier molecular flexibility index (Phi) is 6.23. The summed E-state index contributed by atoms with van der Waals surface area (Å²) in [7, 11) is 0. The highest BCUT2D eigenvalue weighted by Gasteiger charge is 2.12. The molecular formula is C21H20ClN3O. The summed E-state index contributed by atoms with van der Waals surface area (Å²) in [4.78, 5) is 16.2. The lowest BCUT2D eigenvalue weighted by molar-refractivity contribution is 0.0952. The maximum atomic E-state index is 12.2. The fraction of sp³-hybridized carbons (Fsp3) is 0.143. The van der Waals surface area contributed by atoms with Gasteiger partial charge in [-0.05, 0) is 42.3 Å². The lowest BCUT2D eigenvalue weighted by Crippen LogP contribution is -2.27. The van der Waals surface area contributed by atoms with Crippen LogP contribution in [-0.2, 0) is 0 Å². The minimum absolute atomic E-state index is 0.0591. The third-order valence-corrected chi connectivity index (χ3v) is 4.24. The van der Waals surface area contributed by atoms with E-state index in [0.717, 1.165) is 17.7 Å². The van der Waals surface area contributed by atoms with Crippen molar-refractivity contribution in [2.75, 3.05) is 11.9 Å². The standard InChI is InChI=1S/C21H20ClN3O/c22-18-9-4-10-19(14-18)25-20(16-6-2-1-3-7-16)11-13-24-21(26)17-8-5-12-23-15-17/h1-10,12,14-15,20,25H,11,13H2,(H,24,26). The number of carbonyl (C=O) groups is 1. The topological polar surface area (TPSA) is 54.0 Å². The highest BCUT2D eigenvalue weighted by atomic mass is 35.5. The Morgan fingerprint density at radius 2 is 1.88 bits per heavy atom. The van der Waals surface area contributed by atoms with Crippen molar-refractivity contribution < 1.29 is 4.79 Å². The van der Waals surface area contributed by atoms with E-state index < -0.39 is 0 Å². The Bertz CT molecular complexity index is 840. The first kappa shape index (κ1) is 18.0. The molecule has 3 rings (SSSR count). The Morgan fingerprint density at radius 3 is 2.62 bits per heavy atom. The predicted molar refractivity (Wildman–Crippen MR) is 105 cm³/mol. The van der Waals surface area contributed by atoms with E-state index in [1.165, 1.54) is 0 Å². The van der Waals surface area contributed by atoms with Crippen LogP contribution in [0.4, 0.5) is 5.69 Å². The van der Waals surface area contributed by atoms with Crippen LogP contribution in [0.2, 0.25) is 5.02 Å². The van der Waals surface area contributed by atoms with Gasteiger partial charge in [-0.15, -0.1) is 0 Å². The zero-order valence-corrected chi connectivity index (χ0v) is 15.0. The number of amides is 1. The van der Waals surface area contributed by atoms with Crippen LogP contribution in [0.15, 0.2) is 79.1 Å². The van der Waals surface area contributed by atoms with Gasteiger partial charge in [0.1, 0.15) is 0 Å².